The predicted octanol–water partition coefficient (Wildman–Crippen LogP) is 1.77. The Kier molecular flexibility index (Phi) is 3.25. The number of carbonyl (C=O) groups excluding carboxylic acids is 1. The number of carbonyl (C=O) groups is 1. The van der Waals surface area contributed by atoms with Gasteiger partial charge in [0.2, 0.25) is 5.91 Å². The van der Waals surface area contributed by atoms with Crippen molar-refractivity contribution in [2.75, 3.05) is 0 Å². The first-order valence-electron chi connectivity index (χ1n) is 6.83. The maximum Gasteiger partial charge on any atom is 0.222 e. The summed E-state index contributed by atoms with van der Waals surface area (Å²) in [6.07, 6.45) is 4.86. The van der Waals surface area contributed by atoms with E-state index in [1.807, 2.05) is 12.3 Å². The molecule has 1 aliphatic rings. The van der Waals surface area contributed by atoms with E-state index in [4.69, 9.17) is 5.73 Å². The molecule has 100 valence electrons. The van der Waals surface area contributed by atoms with Gasteiger partial charge in [-0.2, -0.15) is 0 Å². The predicted molar refractivity (Wildman–Crippen MR) is 75.6 cm³/mol. The Morgan fingerprint density at radius 3 is 2.95 bits per heavy atom. The molecular weight excluding hydrogens is 238 g/mol. The SMILES string of the molecule is NCc1ccc2c(ccn2CCC(=O)NC2CC2)c1. The van der Waals surface area contributed by atoms with Gasteiger partial charge in [-0.15, -0.1) is 0 Å². The number of fused-ring (bicyclic) bond motifs is 1. The monoisotopic (exact) mass is 257 g/mol. The van der Waals surface area contributed by atoms with Crippen LogP contribution in [0.15, 0.2) is 30.5 Å². The van der Waals surface area contributed by atoms with Crippen molar-refractivity contribution in [1.29, 1.82) is 0 Å². The van der Waals surface area contributed by atoms with Crippen LogP contribution < -0.4 is 11.1 Å². The van der Waals surface area contributed by atoms with Crippen LogP contribution in [-0.2, 0) is 17.9 Å². The zero-order valence-corrected chi connectivity index (χ0v) is 10.9. The highest BCUT2D eigenvalue weighted by atomic mass is 16.1. The lowest BCUT2D eigenvalue weighted by molar-refractivity contribution is -0.121. The molecule has 1 aromatic heterocycles. The molecule has 2 aromatic rings. The standard InChI is InChI=1S/C15H19N3O/c16-10-11-1-4-14-12(9-11)5-7-18(14)8-6-15(19)17-13-2-3-13/h1,4-5,7,9,13H,2-3,6,8,10,16H2,(H,17,19). The lowest BCUT2D eigenvalue weighted by Gasteiger charge is -2.06. The molecule has 0 saturated heterocycles. The van der Waals surface area contributed by atoms with Crippen LogP contribution in [0.4, 0.5) is 0 Å². The van der Waals surface area contributed by atoms with E-state index < -0.39 is 0 Å². The van der Waals surface area contributed by atoms with Crippen molar-refractivity contribution < 1.29 is 4.79 Å². The first kappa shape index (κ1) is 12.2. The quantitative estimate of drug-likeness (QED) is 0.857. The van der Waals surface area contributed by atoms with Gasteiger partial charge in [0.15, 0.2) is 0 Å². The fourth-order valence-corrected chi connectivity index (χ4v) is 2.32. The Labute approximate surface area is 112 Å². The number of hydrogen-bond donors (Lipinski definition) is 2. The number of benzene rings is 1. The number of aromatic nitrogens is 1. The Morgan fingerprint density at radius 2 is 2.21 bits per heavy atom. The zero-order chi connectivity index (χ0) is 13.2. The molecule has 1 fully saturated rings. The molecule has 4 heteroatoms. The van der Waals surface area contributed by atoms with Crippen LogP contribution >= 0.6 is 0 Å². The second kappa shape index (κ2) is 5.05. The Morgan fingerprint density at radius 1 is 1.37 bits per heavy atom. The number of nitrogens with one attached hydrogen (secondary N) is 1. The maximum absolute atomic E-state index is 11.7. The molecule has 19 heavy (non-hydrogen) atoms. The van der Waals surface area contributed by atoms with Crippen LogP contribution in [0, 0.1) is 0 Å². The van der Waals surface area contributed by atoms with Crippen LogP contribution in [0.3, 0.4) is 0 Å². The summed E-state index contributed by atoms with van der Waals surface area (Å²) in [4.78, 5) is 11.7. The average Bonchev–Trinajstić information content (AvgIpc) is 3.14. The maximum atomic E-state index is 11.7. The number of nitrogens with zero attached hydrogens (tertiary/aromatic N) is 1. The molecule has 1 aromatic carbocycles. The minimum Gasteiger partial charge on any atom is -0.353 e. The third-order valence-electron chi connectivity index (χ3n) is 3.59. The van der Waals surface area contributed by atoms with Gasteiger partial charge in [0.05, 0.1) is 0 Å². The van der Waals surface area contributed by atoms with E-state index in [0.717, 1.165) is 30.5 Å². The van der Waals surface area contributed by atoms with Crippen LogP contribution in [-0.4, -0.2) is 16.5 Å². The number of aryl methyl sites for hydroxylation is 1. The second-order valence-electron chi connectivity index (χ2n) is 5.20. The second-order valence-corrected chi connectivity index (χ2v) is 5.20. The largest absolute Gasteiger partial charge is 0.353 e. The minimum absolute atomic E-state index is 0.155. The normalized spacial score (nSPS) is 14.8. The highest BCUT2D eigenvalue weighted by Crippen LogP contribution is 2.20. The summed E-state index contributed by atoms with van der Waals surface area (Å²) in [5.41, 5.74) is 7.94. The lowest BCUT2D eigenvalue weighted by atomic mass is 10.1. The topological polar surface area (TPSA) is 60.0 Å². The van der Waals surface area contributed by atoms with Crippen molar-refractivity contribution in [1.82, 2.24) is 9.88 Å². The number of nitrogens with two attached hydrogens (primary N) is 1. The summed E-state index contributed by atoms with van der Waals surface area (Å²) in [6, 6.07) is 8.75. The van der Waals surface area contributed by atoms with Crippen molar-refractivity contribution in [2.45, 2.75) is 38.4 Å². The van der Waals surface area contributed by atoms with E-state index in [2.05, 4.69) is 28.1 Å². The Bertz CT molecular complexity index is 598. The van der Waals surface area contributed by atoms with Crippen molar-refractivity contribution in [3.8, 4) is 0 Å². The molecule has 0 radical (unpaired) electrons. The number of amides is 1. The molecule has 0 unspecified atom stereocenters. The van der Waals surface area contributed by atoms with E-state index in [0.29, 0.717) is 19.0 Å². The number of hydrogen-bond acceptors (Lipinski definition) is 2. The van der Waals surface area contributed by atoms with Gasteiger partial charge >= 0.3 is 0 Å². The van der Waals surface area contributed by atoms with Gasteiger partial charge in [-0.1, -0.05) is 6.07 Å². The molecular formula is C15H19N3O. The summed E-state index contributed by atoms with van der Waals surface area (Å²) in [5, 5.41) is 4.20. The van der Waals surface area contributed by atoms with Gasteiger partial charge in [0.25, 0.3) is 0 Å². The van der Waals surface area contributed by atoms with Gasteiger partial charge in [-0.3, -0.25) is 4.79 Å². The Hall–Kier alpha value is -1.81. The molecule has 0 aliphatic heterocycles. The molecule has 0 bridgehead atoms. The van der Waals surface area contributed by atoms with Crippen LogP contribution in [0.5, 0.6) is 0 Å². The molecule has 1 aliphatic carbocycles. The van der Waals surface area contributed by atoms with Crippen LogP contribution in [0.1, 0.15) is 24.8 Å². The van der Waals surface area contributed by atoms with E-state index in [9.17, 15) is 4.79 Å². The van der Waals surface area contributed by atoms with Gasteiger partial charge < -0.3 is 15.6 Å². The van der Waals surface area contributed by atoms with Gasteiger partial charge in [0, 0.05) is 37.3 Å². The third kappa shape index (κ3) is 2.79. The lowest BCUT2D eigenvalue weighted by Crippen LogP contribution is -2.26. The van der Waals surface area contributed by atoms with E-state index in [-0.39, 0.29) is 5.91 Å². The molecule has 4 nitrogen and oxygen atoms in total. The fraction of sp³-hybridized carbons (Fsp3) is 0.400. The average molecular weight is 257 g/mol. The summed E-state index contributed by atoms with van der Waals surface area (Å²) in [6.45, 7) is 1.29. The highest BCUT2D eigenvalue weighted by Gasteiger charge is 2.22. The zero-order valence-electron chi connectivity index (χ0n) is 10.9. The summed E-state index contributed by atoms with van der Waals surface area (Å²) < 4.78 is 2.13. The van der Waals surface area contributed by atoms with Gasteiger partial charge in [-0.05, 0) is 42.0 Å². The number of rotatable bonds is 5. The van der Waals surface area contributed by atoms with Crippen LogP contribution in [0.2, 0.25) is 0 Å². The fourth-order valence-electron chi connectivity index (χ4n) is 2.32. The first-order chi connectivity index (χ1) is 9.26. The van der Waals surface area contributed by atoms with E-state index in [1.165, 1.54) is 5.39 Å². The smallest absolute Gasteiger partial charge is 0.222 e. The third-order valence-corrected chi connectivity index (χ3v) is 3.59. The molecule has 0 spiro atoms. The van der Waals surface area contributed by atoms with E-state index in [1.54, 1.807) is 0 Å². The summed E-state index contributed by atoms with van der Waals surface area (Å²) >= 11 is 0. The summed E-state index contributed by atoms with van der Waals surface area (Å²) in [5.74, 6) is 0.155. The van der Waals surface area contributed by atoms with Crippen molar-refractivity contribution in [2.24, 2.45) is 5.73 Å². The molecule has 0 atom stereocenters. The first-order valence-corrected chi connectivity index (χ1v) is 6.83. The molecule has 3 rings (SSSR count). The van der Waals surface area contributed by atoms with E-state index >= 15 is 0 Å². The molecule has 1 amide bonds. The molecule has 1 saturated carbocycles. The highest BCUT2D eigenvalue weighted by molar-refractivity contribution is 5.81. The van der Waals surface area contributed by atoms with Crippen LogP contribution in [0.25, 0.3) is 10.9 Å². The minimum atomic E-state index is 0.155. The van der Waals surface area contributed by atoms with Gasteiger partial charge in [-0.25, -0.2) is 0 Å². The molecule has 1 heterocycles. The van der Waals surface area contributed by atoms with Crippen molar-refractivity contribution in [3.05, 3.63) is 36.0 Å². The van der Waals surface area contributed by atoms with Crippen molar-refractivity contribution in [3.63, 3.8) is 0 Å². The van der Waals surface area contributed by atoms with Gasteiger partial charge in [0.1, 0.15) is 0 Å². The van der Waals surface area contributed by atoms with Crippen molar-refractivity contribution >= 4 is 16.8 Å². The summed E-state index contributed by atoms with van der Waals surface area (Å²) in [7, 11) is 0. The Balaban J connectivity index is 1.68. The molecule has 3 N–H and O–H groups in total.